The summed E-state index contributed by atoms with van der Waals surface area (Å²) in [6, 6.07) is 3.13. The Hall–Kier alpha value is -2.58. The second-order valence-electron chi connectivity index (χ2n) is 11.2. The van der Waals surface area contributed by atoms with E-state index in [0.29, 0.717) is 61.3 Å². The van der Waals surface area contributed by atoms with Gasteiger partial charge in [0.2, 0.25) is 11.8 Å². The molecule has 0 aromatic carbocycles. The SMILES string of the molecule is CN(C(=O)Oc1cccnc1)[C@@H]1CN(C(=O)C2CCN(C(=O)C3(C)CC3)CC2)C[C@H]1C1C=C(Cl)C(Cl)=CC1. The van der Waals surface area contributed by atoms with Crippen LogP contribution in [0.4, 0.5) is 4.79 Å². The molecule has 3 heterocycles. The highest BCUT2D eigenvalue weighted by Crippen LogP contribution is 2.47. The molecule has 0 spiro atoms. The van der Waals surface area contributed by atoms with Crippen molar-refractivity contribution in [1.82, 2.24) is 19.7 Å². The predicted octanol–water partition coefficient (Wildman–Crippen LogP) is 4.64. The van der Waals surface area contributed by atoms with Gasteiger partial charge < -0.3 is 19.4 Å². The lowest BCUT2D eigenvalue weighted by atomic mass is 9.83. The van der Waals surface area contributed by atoms with Crippen LogP contribution in [-0.4, -0.2) is 76.9 Å². The van der Waals surface area contributed by atoms with Crippen molar-refractivity contribution in [2.24, 2.45) is 23.2 Å². The quantitative estimate of drug-likeness (QED) is 0.523. The zero-order chi connectivity index (χ0) is 27.0. The van der Waals surface area contributed by atoms with Crippen molar-refractivity contribution in [3.05, 3.63) is 46.7 Å². The summed E-state index contributed by atoms with van der Waals surface area (Å²) >= 11 is 12.6. The van der Waals surface area contributed by atoms with Gasteiger partial charge in [0.05, 0.1) is 22.3 Å². The summed E-state index contributed by atoms with van der Waals surface area (Å²) in [5.74, 6) is 0.556. The summed E-state index contributed by atoms with van der Waals surface area (Å²) in [6.07, 6.45) is 10.4. The van der Waals surface area contributed by atoms with E-state index < -0.39 is 6.09 Å². The van der Waals surface area contributed by atoms with Crippen LogP contribution in [0.3, 0.4) is 0 Å². The number of nitrogens with zero attached hydrogens (tertiary/aromatic N) is 4. The first-order chi connectivity index (χ1) is 18.2. The number of hydrogen-bond donors (Lipinski definition) is 0. The van der Waals surface area contributed by atoms with Crippen LogP contribution in [-0.2, 0) is 9.59 Å². The fourth-order valence-corrected chi connectivity index (χ4v) is 6.27. The van der Waals surface area contributed by atoms with Gasteiger partial charge in [-0.25, -0.2) is 4.79 Å². The molecule has 38 heavy (non-hydrogen) atoms. The Morgan fingerprint density at radius 2 is 1.84 bits per heavy atom. The first-order valence-electron chi connectivity index (χ1n) is 13.3. The van der Waals surface area contributed by atoms with Gasteiger partial charge in [-0.2, -0.15) is 0 Å². The number of amides is 3. The molecule has 1 aromatic heterocycles. The molecule has 1 aromatic rings. The largest absolute Gasteiger partial charge is 0.415 e. The summed E-state index contributed by atoms with van der Waals surface area (Å²) < 4.78 is 5.55. The molecule has 4 aliphatic rings. The monoisotopic (exact) mass is 560 g/mol. The number of ether oxygens (including phenoxy) is 1. The Labute approximate surface area is 233 Å². The van der Waals surface area contributed by atoms with Crippen molar-refractivity contribution >= 4 is 41.1 Å². The Morgan fingerprint density at radius 1 is 1.11 bits per heavy atom. The van der Waals surface area contributed by atoms with Crippen LogP contribution >= 0.6 is 23.2 Å². The van der Waals surface area contributed by atoms with E-state index in [1.165, 1.54) is 6.20 Å². The van der Waals surface area contributed by atoms with Gasteiger partial charge in [0.1, 0.15) is 0 Å². The summed E-state index contributed by atoms with van der Waals surface area (Å²) in [5, 5.41) is 1.02. The number of likely N-dealkylation sites (tertiary alicyclic amines) is 2. The van der Waals surface area contributed by atoms with Crippen LogP contribution in [0.1, 0.15) is 39.0 Å². The molecule has 0 bridgehead atoms. The normalized spacial score (nSPS) is 26.9. The Balaban J connectivity index is 1.27. The Morgan fingerprint density at radius 3 is 2.47 bits per heavy atom. The topological polar surface area (TPSA) is 83.1 Å². The van der Waals surface area contributed by atoms with Gasteiger partial charge in [0, 0.05) is 56.7 Å². The number of likely N-dealkylation sites (N-methyl/N-ethyl adjacent to an activating group) is 1. The van der Waals surface area contributed by atoms with E-state index in [9.17, 15) is 14.4 Å². The van der Waals surface area contributed by atoms with E-state index in [1.54, 1.807) is 30.3 Å². The van der Waals surface area contributed by atoms with E-state index in [1.807, 2.05) is 28.9 Å². The fourth-order valence-electron chi connectivity index (χ4n) is 5.88. The second-order valence-corrected chi connectivity index (χ2v) is 12.0. The average Bonchev–Trinajstić information content (AvgIpc) is 3.53. The van der Waals surface area contributed by atoms with Crippen LogP contribution in [0.2, 0.25) is 0 Å². The van der Waals surface area contributed by atoms with Crippen LogP contribution in [0, 0.1) is 23.2 Å². The second kappa shape index (κ2) is 10.9. The van der Waals surface area contributed by atoms with Gasteiger partial charge >= 0.3 is 6.09 Å². The lowest BCUT2D eigenvalue weighted by Crippen LogP contribution is -2.47. The third-order valence-corrected chi connectivity index (χ3v) is 9.41. The molecule has 1 saturated carbocycles. The maximum absolute atomic E-state index is 13.7. The van der Waals surface area contributed by atoms with Crippen molar-refractivity contribution in [1.29, 1.82) is 0 Å². The van der Waals surface area contributed by atoms with Crippen LogP contribution in [0.5, 0.6) is 5.75 Å². The van der Waals surface area contributed by atoms with Crippen LogP contribution in [0.15, 0.2) is 46.7 Å². The molecule has 0 N–H and O–H groups in total. The molecule has 8 nitrogen and oxygen atoms in total. The van der Waals surface area contributed by atoms with Crippen molar-refractivity contribution in [2.75, 3.05) is 33.2 Å². The average molecular weight is 562 g/mol. The number of carbonyl (C=O) groups is 3. The number of aromatic nitrogens is 1. The molecule has 1 unspecified atom stereocenters. The summed E-state index contributed by atoms with van der Waals surface area (Å²) in [5.41, 5.74) is -0.187. The Kier molecular flexibility index (Phi) is 7.74. The lowest BCUT2D eigenvalue weighted by molar-refractivity contribution is -0.142. The molecule has 3 fully saturated rings. The minimum absolute atomic E-state index is 0.0280. The van der Waals surface area contributed by atoms with Gasteiger partial charge in [0.15, 0.2) is 5.75 Å². The summed E-state index contributed by atoms with van der Waals surface area (Å²) in [6.45, 7) is 4.20. The minimum Gasteiger partial charge on any atom is -0.409 e. The molecular weight excluding hydrogens is 527 g/mol. The highest BCUT2D eigenvalue weighted by Gasteiger charge is 2.48. The maximum Gasteiger partial charge on any atom is 0.415 e. The molecule has 2 saturated heterocycles. The molecule has 204 valence electrons. The minimum atomic E-state index is -0.498. The third-order valence-electron chi connectivity index (χ3n) is 8.63. The highest BCUT2D eigenvalue weighted by atomic mass is 35.5. The van der Waals surface area contributed by atoms with E-state index >= 15 is 0 Å². The van der Waals surface area contributed by atoms with Crippen molar-refractivity contribution < 1.29 is 19.1 Å². The van der Waals surface area contributed by atoms with Crippen LogP contribution in [0.25, 0.3) is 0 Å². The smallest absolute Gasteiger partial charge is 0.409 e. The van der Waals surface area contributed by atoms with Gasteiger partial charge in [-0.15, -0.1) is 0 Å². The van der Waals surface area contributed by atoms with E-state index in [0.717, 1.165) is 12.8 Å². The Bertz CT molecular complexity index is 1140. The molecule has 5 rings (SSSR count). The number of pyridine rings is 1. The number of allylic oxidation sites excluding steroid dienone is 4. The number of hydrogen-bond acceptors (Lipinski definition) is 5. The molecule has 3 atom stereocenters. The van der Waals surface area contributed by atoms with Gasteiger partial charge in [-0.3, -0.25) is 14.6 Å². The standard InChI is InChI=1S/C28H34Cl2N4O4/c1-28(9-10-28)26(36)33-12-7-18(8-13-33)25(35)34-16-21(19-5-6-22(29)23(30)14-19)24(17-34)32(2)27(37)38-20-4-3-11-31-15-20/h3-4,6,11,14-15,18-19,21,24H,5,7-10,12-13,16-17H2,1-2H3/t19?,21-,24+/m0/s1. The number of halogens is 2. The molecule has 10 heteroatoms. The van der Waals surface area contributed by atoms with Gasteiger partial charge in [-0.1, -0.05) is 42.3 Å². The van der Waals surface area contributed by atoms with Crippen molar-refractivity contribution in [3.8, 4) is 5.75 Å². The zero-order valence-corrected chi connectivity index (χ0v) is 23.3. The number of rotatable bonds is 5. The summed E-state index contributed by atoms with van der Waals surface area (Å²) in [7, 11) is 1.71. The first-order valence-corrected chi connectivity index (χ1v) is 14.1. The highest BCUT2D eigenvalue weighted by molar-refractivity contribution is 6.44. The lowest BCUT2D eigenvalue weighted by Gasteiger charge is -2.34. The molecule has 3 amide bonds. The third kappa shape index (κ3) is 5.57. The van der Waals surface area contributed by atoms with Gasteiger partial charge in [-0.05, 0) is 50.2 Å². The maximum atomic E-state index is 13.7. The van der Waals surface area contributed by atoms with Crippen molar-refractivity contribution in [3.63, 3.8) is 0 Å². The number of piperidine rings is 1. The van der Waals surface area contributed by atoms with E-state index in [4.69, 9.17) is 27.9 Å². The number of carbonyl (C=O) groups excluding carboxylic acids is 3. The molecule has 0 radical (unpaired) electrons. The van der Waals surface area contributed by atoms with Crippen molar-refractivity contribution in [2.45, 2.75) is 45.1 Å². The van der Waals surface area contributed by atoms with E-state index in [2.05, 4.69) is 4.98 Å². The first kappa shape index (κ1) is 27.0. The summed E-state index contributed by atoms with van der Waals surface area (Å²) in [4.78, 5) is 48.9. The van der Waals surface area contributed by atoms with Crippen LogP contribution < -0.4 is 4.74 Å². The zero-order valence-electron chi connectivity index (χ0n) is 21.8. The molecule has 2 aliphatic carbocycles. The fraction of sp³-hybridized carbons (Fsp3) is 0.571. The predicted molar refractivity (Wildman–Crippen MR) is 145 cm³/mol. The molecular formula is C28H34Cl2N4O4. The van der Waals surface area contributed by atoms with E-state index in [-0.39, 0.29) is 41.0 Å². The molecule has 2 aliphatic heterocycles. The van der Waals surface area contributed by atoms with Gasteiger partial charge in [0.25, 0.3) is 0 Å².